The van der Waals surface area contributed by atoms with E-state index in [4.69, 9.17) is 19.9 Å². The highest BCUT2D eigenvalue weighted by molar-refractivity contribution is 9.10. The molecule has 0 aliphatic carbocycles. The summed E-state index contributed by atoms with van der Waals surface area (Å²) in [6.45, 7) is 0. The molecule has 108 valence electrons. The van der Waals surface area contributed by atoms with Crippen molar-refractivity contribution in [3.05, 3.63) is 16.7 Å². The summed E-state index contributed by atoms with van der Waals surface area (Å²) in [5.41, 5.74) is 7.58. The molecule has 0 aliphatic rings. The van der Waals surface area contributed by atoms with E-state index in [1.165, 1.54) is 0 Å². The highest BCUT2D eigenvalue weighted by atomic mass is 79.9. The van der Waals surface area contributed by atoms with Crippen LogP contribution in [0.4, 0.5) is 5.82 Å². The van der Waals surface area contributed by atoms with E-state index in [2.05, 4.69) is 21.0 Å². The quantitative estimate of drug-likeness (QED) is 0.924. The number of nitrogens with zero attached hydrogens (tertiary/aromatic N) is 2. The molecule has 1 aromatic carbocycles. The average Bonchev–Trinajstić information content (AvgIpc) is 2.78. The lowest BCUT2D eigenvalue weighted by Gasteiger charge is -2.16. The van der Waals surface area contributed by atoms with Gasteiger partial charge in [-0.1, -0.05) is 0 Å². The molecule has 20 heavy (non-hydrogen) atoms. The molecule has 0 aliphatic heterocycles. The lowest BCUT2D eigenvalue weighted by atomic mass is 10.1. The fourth-order valence-electron chi connectivity index (χ4n) is 1.98. The van der Waals surface area contributed by atoms with Crippen molar-refractivity contribution in [2.45, 2.75) is 0 Å². The van der Waals surface area contributed by atoms with E-state index < -0.39 is 0 Å². The Morgan fingerprint density at radius 1 is 1.15 bits per heavy atom. The van der Waals surface area contributed by atoms with Crippen molar-refractivity contribution in [1.29, 1.82) is 0 Å². The first-order valence-electron chi connectivity index (χ1n) is 5.81. The molecule has 0 saturated carbocycles. The summed E-state index contributed by atoms with van der Waals surface area (Å²) in [4.78, 5) is 0. The van der Waals surface area contributed by atoms with E-state index in [0.29, 0.717) is 27.5 Å². The normalized spacial score (nSPS) is 10.4. The summed E-state index contributed by atoms with van der Waals surface area (Å²) in [5.74, 6) is 2.31. The van der Waals surface area contributed by atoms with E-state index >= 15 is 0 Å². The maximum absolute atomic E-state index is 6.04. The standard InChI is InChI=1S/C13H16BrN3O3/c1-17-13(15)7(6-16-17)10-8(18-2)5-9(19-3)12(20-4)11(10)14/h5-6H,15H2,1-4H3. The zero-order valence-corrected chi connectivity index (χ0v) is 13.3. The number of nitrogens with two attached hydrogens (primary N) is 1. The fraction of sp³-hybridized carbons (Fsp3) is 0.308. The van der Waals surface area contributed by atoms with Crippen LogP contribution in [0.3, 0.4) is 0 Å². The van der Waals surface area contributed by atoms with Gasteiger partial charge in [0.15, 0.2) is 11.5 Å². The molecular weight excluding hydrogens is 326 g/mol. The molecule has 0 spiro atoms. The van der Waals surface area contributed by atoms with Crippen molar-refractivity contribution in [1.82, 2.24) is 9.78 Å². The van der Waals surface area contributed by atoms with Gasteiger partial charge >= 0.3 is 0 Å². The summed E-state index contributed by atoms with van der Waals surface area (Å²) < 4.78 is 18.4. The van der Waals surface area contributed by atoms with Gasteiger partial charge in [0.05, 0.1) is 32.0 Å². The molecule has 0 atom stereocenters. The van der Waals surface area contributed by atoms with E-state index in [1.54, 1.807) is 45.3 Å². The minimum absolute atomic E-state index is 0.538. The third-order valence-corrected chi connectivity index (χ3v) is 3.81. The molecule has 0 saturated heterocycles. The van der Waals surface area contributed by atoms with E-state index in [1.807, 2.05) is 0 Å². The van der Waals surface area contributed by atoms with Gasteiger partial charge < -0.3 is 19.9 Å². The van der Waals surface area contributed by atoms with Crippen LogP contribution in [0.5, 0.6) is 17.2 Å². The van der Waals surface area contributed by atoms with Crippen LogP contribution in [-0.2, 0) is 7.05 Å². The maximum atomic E-state index is 6.04. The SMILES string of the molecule is COc1cc(OC)c(-c2cnn(C)c2N)c(Br)c1OC. The van der Waals surface area contributed by atoms with Crippen molar-refractivity contribution in [3.63, 3.8) is 0 Å². The Morgan fingerprint density at radius 3 is 2.25 bits per heavy atom. The first-order valence-corrected chi connectivity index (χ1v) is 6.60. The van der Waals surface area contributed by atoms with E-state index in [-0.39, 0.29) is 0 Å². The molecule has 2 rings (SSSR count). The van der Waals surface area contributed by atoms with Crippen LogP contribution in [-0.4, -0.2) is 31.1 Å². The number of methoxy groups -OCH3 is 3. The van der Waals surface area contributed by atoms with Gasteiger partial charge in [0, 0.05) is 24.2 Å². The van der Waals surface area contributed by atoms with Crippen molar-refractivity contribution in [2.24, 2.45) is 7.05 Å². The van der Waals surface area contributed by atoms with Crippen molar-refractivity contribution >= 4 is 21.7 Å². The summed E-state index contributed by atoms with van der Waals surface area (Å²) in [6, 6.07) is 1.76. The largest absolute Gasteiger partial charge is 0.496 e. The van der Waals surface area contributed by atoms with E-state index in [0.717, 1.165) is 11.1 Å². The molecule has 0 bridgehead atoms. The lowest BCUT2D eigenvalue weighted by molar-refractivity contribution is 0.347. The van der Waals surface area contributed by atoms with Crippen LogP contribution < -0.4 is 19.9 Å². The fourth-order valence-corrected chi connectivity index (χ4v) is 2.75. The Hall–Kier alpha value is -1.89. The molecular formula is C13H16BrN3O3. The second-order valence-corrected chi connectivity index (χ2v) is 4.86. The van der Waals surface area contributed by atoms with Crippen LogP contribution in [0.25, 0.3) is 11.1 Å². The van der Waals surface area contributed by atoms with Crippen molar-refractivity contribution in [3.8, 4) is 28.4 Å². The number of rotatable bonds is 4. The van der Waals surface area contributed by atoms with Crippen LogP contribution >= 0.6 is 15.9 Å². The molecule has 2 aromatic rings. The molecule has 7 heteroatoms. The number of ether oxygens (including phenoxy) is 3. The summed E-state index contributed by atoms with van der Waals surface area (Å²) in [6.07, 6.45) is 1.68. The highest BCUT2D eigenvalue weighted by Crippen LogP contribution is 2.48. The van der Waals surface area contributed by atoms with Gasteiger partial charge in [-0.05, 0) is 15.9 Å². The predicted octanol–water partition coefficient (Wildman–Crippen LogP) is 2.46. The molecule has 0 unspecified atom stereocenters. The minimum Gasteiger partial charge on any atom is -0.496 e. The Bertz CT molecular complexity index is 640. The van der Waals surface area contributed by atoms with Crippen LogP contribution in [0.15, 0.2) is 16.7 Å². The zero-order valence-electron chi connectivity index (χ0n) is 11.7. The van der Waals surface area contributed by atoms with Gasteiger partial charge in [-0.25, -0.2) is 0 Å². The number of anilines is 1. The van der Waals surface area contributed by atoms with Gasteiger partial charge in [0.25, 0.3) is 0 Å². The van der Waals surface area contributed by atoms with Crippen molar-refractivity contribution < 1.29 is 14.2 Å². The molecule has 0 amide bonds. The summed E-state index contributed by atoms with van der Waals surface area (Å²) in [7, 11) is 6.51. The Morgan fingerprint density at radius 2 is 1.80 bits per heavy atom. The predicted molar refractivity (Wildman–Crippen MR) is 80.4 cm³/mol. The van der Waals surface area contributed by atoms with Crippen LogP contribution in [0.1, 0.15) is 0 Å². The first kappa shape index (κ1) is 14.5. The third kappa shape index (κ3) is 2.18. The Kier molecular flexibility index (Phi) is 4.08. The van der Waals surface area contributed by atoms with Gasteiger partial charge in [-0.2, -0.15) is 5.10 Å². The number of hydrogen-bond acceptors (Lipinski definition) is 5. The Labute approximate surface area is 125 Å². The highest BCUT2D eigenvalue weighted by Gasteiger charge is 2.22. The molecule has 2 N–H and O–H groups in total. The van der Waals surface area contributed by atoms with E-state index in [9.17, 15) is 0 Å². The monoisotopic (exact) mass is 341 g/mol. The number of halogens is 1. The molecule has 0 radical (unpaired) electrons. The zero-order chi connectivity index (χ0) is 14.9. The number of benzene rings is 1. The molecule has 1 aromatic heterocycles. The second kappa shape index (κ2) is 5.62. The minimum atomic E-state index is 0.538. The first-order chi connectivity index (χ1) is 9.54. The number of nitrogen functional groups attached to an aromatic ring is 1. The van der Waals surface area contributed by atoms with Gasteiger partial charge in [-0.15, -0.1) is 0 Å². The lowest BCUT2D eigenvalue weighted by Crippen LogP contribution is -2.00. The number of aryl methyl sites for hydroxylation is 1. The molecule has 6 nitrogen and oxygen atoms in total. The maximum Gasteiger partial charge on any atom is 0.175 e. The summed E-state index contributed by atoms with van der Waals surface area (Å²) >= 11 is 3.53. The van der Waals surface area contributed by atoms with Crippen molar-refractivity contribution in [2.75, 3.05) is 27.1 Å². The summed E-state index contributed by atoms with van der Waals surface area (Å²) in [5, 5.41) is 4.15. The number of aromatic nitrogens is 2. The third-order valence-electron chi connectivity index (χ3n) is 3.05. The number of hydrogen-bond donors (Lipinski definition) is 1. The van der Waals surface area contributed by atoms with Gasteiger partial charge in [-0.3, -0.25) is 4.68 Å². The molecule has 0 fully saturated rings. The van der Waals surface area contributed by atoms with Gasteiger partial charge in [0.1, 0.15) is 11.6 Å². The smallest absolute Gasteiger partial charge is 0.175 e. The van der Waals surface area contributed by atoms with Crippen LogP contribution in [0, 0.1) is 0 Å². The van der Waals surface area contributed by atoms with Crippen LogP contribution in [0.2, 0.25) is 0 Å². The topological polar surface area (TPSA) is 71.5 Å². The second-order valence-electron chi connectivity index (χ2n) is 4.07. The Balaban J connectivity index is 2.77. The molecule has 1 heterocycles. The average molecular weight is 342 g/mol. The van der Waals surface area contributed by atoms with Gasteiger partial charge in [0.2, 0.25) is 0 Å².